The summed E-state index contributed by atoms with van der Waals surface area (Å²) in [4.78, 5) is 13.0. The highest BCUT2D eigenvalue weighted by molar-refractivity contribution is 5.97. The summed E-state index contributed by atoms with van der Waals surface area (Å²) >= 11 is 0. The number of rotatable bonds is 3. The van der Waals surface area contributed by atoms with Crippen LogP contribution in [0.2, 0.25) is 0 Å². The molecule has 2 heterocycles. The molecule has 31 heavy (non-hydrogen) atoms. The van der Waals surface area contributed by atoms with Crippen LogP contribution in [0.15, 0.2) is 30.4 Å². The van der Waals surface area contributed by atoms with E-state index in [4.69, 9.17) is 29.4 Å². The molecule has 2 aliphatic heterocycles. The molecule has 0 aromatic heterocycles. The van der Waals surface area contributed by atoms with Crippen LogP contribution in [-0.4, -0.2) is 44.0 Å². The van der Waals surface area contributed by atoms with E-state index < -0.39 is 11.8 Å². The molecule has 1 aromatic carbocycles. The molecule has 0 bridgehead atoms. The summed E-state index contributed by atoms with van der Waals surface area (Å²) in [5, 5.41) is 0. The molecular weight excluding hydrogens is 398 g/mol. The second-order valence-electron chi connectivity index (χ2n) is 8.55. The molecular formula is C24H33NO6. The van der Waals surface area contributed by atoms with Gasteiger partial charge in [0, 0.05) is 31.2 Å². The number of esters is 1. The van der Waals surface area contributed by atoms with Gasteiger partial charge in [0.1, 0.15) is 17.4 Å². The Morgan fingerprint density at radius 2 is 1.94 bits per heavy atom. The van der Waals surface area contributed by atoms with E-state index in [-0.39, 0.29) is 31.0 Å². The number of cyclic esters (lactones) is 1. The first-order valence-electron chi connectivity index (χ1n) is 10.6. The van der Waals surface area contributed by atoms with Crippen molar-refractivity contribution in [3.05, 3.63) is 41.5 Å². The van der Waals surface area contributed by atoms with Gasteiger partial charge in [0.2, 0.25) is 0 Å². The van der Waals surface area contributed by atoms with Crippen LogP contribution in [0, 0.1) is 5.92 Å². The van der Waals surface area contributed by atoms with Gasteiger partial charge in [0.15, 0.2) is 12.6 Å². The molecule has 1 fully saturated rings. The molecule has 0 aliphatic carbocycles. The average Bonchev–Trinajstić information content (AvgIpc) is 2.99. The van der Waals surface area contributed by atoms with Crippen molar-refractivity contribution in [1.29, 1.82) is 0 Å². The fourth-order valence-electron chi connectivity index (χ4n) is 3.95. The summed E-state index contributed by atoms with van der Waals surface area (Å²) in [6.45, 7) is 7.83. The Balaban J connectivity index is 2.00. The van der Waals surface area contributed by atoms with Gasteiger partial charge >= 0.3 is 5.97 Å². The molecule has 0 radical (unpaired) electrons. The SMILES string of the molecule is COCOc1cc(N)cc2c1C(=O)O[C@@H](C)C/C=C\C(C)[C@H]1OC(C)(C)O[C@H]1CC=C2. The van der Waals surface area contributed by atoms with E-state index in [1.807, 2.05) is 39.0 Å². The summed E-state index contributed by atoms with van der Waals surface area (Å²) in [7, 11) is 1.51. The highest BCUT2D eigenvalue weighted by atomic mass is 16.8. The van der Waals surface area contributed by atoms with E-state index in [0.717, 1.165) is 0 Å². The van der Waals surface area contributed by atoms with Gasteiger partial charge in [-0.15, -0.1) is 0 Å². The number of anilines is 1. The van der Waals surface area contributed by atoms with E-state index in [9.17, 15) is 4.79 Å². The van der Waals surface area contributed by atoms with Crippen LogP contribution in [-0.2, 0) is 18.9 Å². The highest BCUT2D eigenvalue weighted by Crippen LogP contribution is 2.35. The van der Waals surface area contributed by atoms with Crippen molar-refractivity contribution in [2.75, 3.05) is 19.6 Å². The maximum Gasteiger partial charge on any atom is 0.342 e. The first-order chi connectivity index (χ1) is 14.7. The lowest BCUT2D eigenvalue weighted by Gasteiger charge is -2.21. The van der Waals surface area contributed by atoms with Gasteiger partial charge < -0.3 is 29.4 Å². The molecule has 0 amide bonds. The number of hydrogen-bond donors (Lipinski definition) is 1. The standard InChI is InChI=1S/C24H33NO6/c1-15-8-6-9-16(2)29-23(26)21-17(12-18(25)13-20(21)28-14-27-5)10-7-11-19-22(15)31-24(3,4)30-19/h6-8,10,12-13,15-16,19,22H,9,11,14,25H2,1-5H3/b8-6-,10-7?/t15?,16-,19-,22+/m0/s1. The molecule has 0 spiro atoms. The maximum absolute atomic E-state index is 13.0. The molecule has 2 aliphatic rings. The minimum Gasteiger partial charge on any atom is -0.467 e. The van der Waals surface area contributed by atoms with Gasteiger partial charge in [-0.3, -0.25) is 0 Å². The number of nitrogen functional groups attached to an aromatic ring is 1. The number of hydrogen-bond acceptors (Lipinski definition) is 7. The van der Waals surface area contributed by atoms with Crippen LogP contribution >= 0.6 is 0 Å². The molecule has 1 saturated heterocycles. The topological polar surface area (TPSA) is 89.2 Å². The fourth-order valence-corrected chi connectivity index (χ4v) is 3.95. The molecule has 1 unspecified atom stereocenters. The Bertz CT molecular complexity index is 847. The smallest absolute Gasteiger partial charge is 0.342 e. The lowest BCUT2D eigenvalue weighted by Crippen LogP contribution is -2.28. The molecule has 0 saturated carbocycles. The van der Waals surface area contributed by atoms with E-state index in [1.54, 1.807) is 12.1 Å². The summed E-state index contributed by atoms with van der Waals surface area (Å²) in [5.41, 5.74) is 7.49. The third kappa shape index (κ3) is 5.87. The second-order valence-corrected chi connectivity index (χ2v) is 8.55. The number of benzene rings is 1. The third-order valence-corrected chi connectivity index (χ3v) is 5.31. The predicted octanol–water partition coefficient (Wildman–Crippen LogP) is 4.32. The van der Waals surface area contributed by atoms with Crippen LogP contribution in [0.25, 0.3) is 6.08 Å². The quantitative estimate of drug-likeness (QED) is 0.330. The molecule has 4 atom stereocenters. The third-order valence-electron chi connectivity index (χ3n) is 5.31. The van der Waals surface area contributed by atoms with Crippen molar-refractivity contribution >= 4 is 17.7 Å². The Labute approximate surface area is 184 Å². The lowest BCUT2D eigenvalue weighted by molar-refractivity contribution is -0.148. The fraction of sp³-hybridized carbons (Fsp3) is 0.542. The van der Waals surface area contributed by atoms with Gasteiger partial charge in [-0.05, 0) is 38.8 Å². The van der Waals surface area contributed by atoms with Gasteiger partial charge in [0.05, 0.1) is 12.2 Å². The van der Waals surface area contributed by atoms with E-state index >= 15 is 0 Å². The van der Waals surface area contributed by atoms with E-state index in [2.05, 4.69) is 13.0 Å². The van der Waals surface area contributed by atoms with Crippen LogP contribution in [0.1, 0.15) is 56.5 Å². The highest BCUT2D eigenvalue weighted by Gasteiger charge is 2.42. The van der Waals surface area contributed by atoms with Gasteiger partial charge in [-0.25, -0.2) is 4.79 Å². The lowest BCUT2D eigenvalue weighted by atomic mass is 9.96. The van der Waals surface area contributed by atoms with Gasteiger partial charge in [-0.1, -0.05) is 31.2 Å². The Morgan fingerprint density at radius 1 is 1.16 bits per heavy atom. The first-order valence-corrected chi connectivity index (χ1v) is 10.6. The van der Waals surface area contributed by atoms with E-state index in [0.29, 0.717) is 35.4 Å². The number of fused-ring (bicyclic) bond motifs is 2. The summed E-state index contributed by atoms with van der Waals surface area (Å²) < 4.78 is 28.6. The average molecular weight is 432 g/mol. The molecule has 7 nitrogen and oxygen atoms in total. The number of carbonyl (C=O) groups excluding carboxylic acids is 1. The molecule has 1 aromatic rings. The van der Waals surface area contributed by atoms with Crippen molar-refractivity contribution in [3.8, 4) is 5.75 Å². The minimum absolute atomic E-state index is 0.00686. The number of ether oxygens (including phenoxy) is 5. The van der Waals surface area contributed by atoms with Crippen molar-refractivity contribution < 1.29 is 28.5 Å². The molecule has 7 heteroatoms. The van der Waals surface area contributed by atoms with Gasteiger partial charge in [-0.2, -0.15) is 0 Å². The Morgan fingerprint density at radius 3 is 2.68 bits per heavy atom. The summed E-state index contributed by atoms with van der Waals surface area (Å²) in [6.07, 6.45) is 8.69. The molecule has 170 valence electrons. The largest absolute Gasteiger partial charge is 0.467 e. The van der Waals surface area contributed by atoms with Crippen LogP contribution in [0.5, 0.6) is 5.75 Å². The van der Waals surface area contributed by atoms with Gasteiger partial charge in [0.25, 0.3) is 0 Å². The van der Waals surface area contributed by atoms with Crippen LogP contribution in [0.3, 0.4) is 0 Å². The van der Waals surface area contributed by atoms with Crippen molar-refractivity contribution in [1.82, 2.24) is 0 Å². The molecule has 2 N–H and O–H groups in total. The normalized spacial score (nSPS) is 29.4. The zero-order chi connectivity index (χ0) is 22.6. The van der Waals surface area contributed by atoms with Crippen molar-refractivity contribution in [3.63, 3.8) is 0 Å². The Kier molecular flexibility index (Phi) is 7.41. The zero-order valence-corrected chi connectivity index (χ0v) is 18.9. The van der Waals surface area contributed by atoms with Crippen LogP contribution < -0.4 is 10.5 Å². The maximum atomic E-state index is 13.0. The number of nitrogens with two attached hydrogens (primary N) is 1. The zero-order valence-electron chi connectivity index (χ0n) is 18.9. The van der Waals surface area contributed by atoms with Crippen LogP contribution in [0.4, 0.5) is 5.69 Å². The van der Waals surface area contributed by atoms with Crippen molar-refractivity contribution in [2.45, 2.75) is 64.6 Å². The van der Waals surface area contributed by atoms with E-state index in [1.165, 1.54) is 7.11 Å². The molecule has 3 rings (SSSR count). The predicted molar refractivity (Wildman–Crippen MR) is 119 cm³/mol. The Hall–Kier alpha value is -2.35. The minimum atomic E-state index is -0.644. The monoisotopic (exact) mass is 431 g/mol. The summed E-state index contributed by atoms with van der Waals surface area (Å²) in [6, 6.07) is 3.34. The number of methoxy groups -OCH3 is 1. The number of carbonyl (C=O) groups is 1. The van der Waals surface area contributed by atoms with Crippen molar-refractivity contribution in [2.24, 2.45) is 5.92 Å². The summed E-state index contributed by atoms with van der Waals surface area (Å²) in [5.74, 6) is -0.622. The first kappa shape index (κ1) is 23.3. The second kappa shape index (κ2) is 9.85.